The number of nitrogens with zero attached hydrogens (tertiary/aromatic N) is 2. The monoisotopic (exact) mass is 340 g/mol. The fourth-order valence-corrected chi connectivity index (χ4v) is 2.86. The number of fused-ring (bicyclic) bond motifs is 1. The van der Waals surface area contributed by atoms with E-state index in [0.29, 0.717) is 24.9 Å². The molecule has 2 heterocycles. The van der Waals surface area contributed by atoms with Gasteiger partial charge in [-0.1, -0.05) is 15.9 Å². The molecular weight excluding hydrogens is 324 g/mol. The van der Waals surface area contributed by atoms with Gasteiger partial charge in [0.1, 0.15) is 0 Å². The standard InChI is InChI=1S/C14H17BrN2O3/c1-9-7-19-10(2)6-16(9)8-17-12-4-3-11(15)5-13(12)20-14(17)18/h3-5,9-10H,6-8H2,1-2H3/t9-,10+/m0/s1. The van der Waals surface area contributed by atoms with Crippen LogP contribution in [0.15, 0.2) is 31.9 Å². The number of ether oxygens (including phenoxy) is 1. The van der Waals surface area contributed by atoms with Gasteiger partial charge in [0.05, 0.1) is 24.9 Å². The third-order valence-electron chi connectivity index (χ3n) is 3.69. The number of rotatable bonds is 2. The van der Waals surface area contributed by atoms with Gasteiger partial charge in [0.25, 0.3) is 0 Å². The highest BCUT2D eigenvalue weighted by atomic mass is 79.9. The van der Waals surface area contributed by atoms with Crippen molar-refractivity contribution in [3.05, 3.63) is 33.2 Å². The van der Waals surface area contributed by atoms with Gasteiger partial charge in [-0.25, -0.2) is 4.79 Å². The van der Waals surface area contributed by atoms with E-state index in [9.17, 15) is 4.79 Å². The van der Waals surface area contributed by atoms with Crippen molar-refractivity contribution in [1.82, 2.24) is 9.47 Å². The molecule has 0 spiro atoms. The topological polar surface area (TPSA) is 47.6 Å². The van der Waals surface area contributed by atoms with Gasteiger partial charge < -0.3 is 9.15 Å². The van der Waals surface area contributed by atoms with Crippen molar-refractivity contribution in [2.75, 3.05) is 13.2 Å². The molecule has 0 unspecified atom stereocenters. The Labute approximate surface area is 125 Å². The molecule has 1 aliphatic heterocycles. The zero-order chi connectivity index (χ0) is 14.3. The molecule has 3 rings (SSSR count). The zero-order valence-corrected chi connectivity index (χ0v) is 13.1. The van der Waals surface area contributed by atoms with Crippen LogP contribution in [0, 0.1) is 0 Å². The van der Waals surface area contributed by atoms with Gasteiger partial charge in [0, 0.05) is 17.1 Å². The predicted octanol–water partition coefficient (Wildman–Crippen LogP) is 2.42. The molecule has 1 fully saturated rings. The van der Waals surface area contributed by atoms with Crippen LogP contribution in [0.1, 0.15) is 13.8 Å². The van der Waals surface area contributed by atoms with Gasteiger partial charge >= 0.3 is 5.76 Å². The van der Waals surface area contributed by atoms with Crippen molar-refractivity contribution in [2.45, 2.75) is 32.7 Å². The second-order valence-electron chi connectivity index (χ2n) is 5.31. The van der Waals surface area contributed by atoms with Crippen LogP contribution in [-0.4, -0.2) is 34.8 Å². The van der Waals surface area contributed by atoms with Crippen LogP contribution in [0.3, 0.4) is 0 Å². The highest BCUT2D eigenvalue weighted by molar-refractivity contribution is 9.10. The maximum Gasteiger partial charge on any atom is 0.421 e. The molecule has 6 heteroatoms. The quantitative estimate of drug-likeness (QED) is 0.842. The summed E-state index contributed by atoms with van der Waals surface area (Å²) in [5.41, 5.74) is 1.43. The van der Waals surface area contributed by atoms with Crippen molar-refractivity contribution >= 4 is 27.0 Å². The largest absolute Gasteiger partial charge is 0.421 e. The third kappa shape index (κ3) is 2.55. The van der Waals surface area contributed by atoms with Crippen LogP contribution in [-0.2, 0) is 11.4 Å². The van der Waals surface area contributed by atoms with Gasteiger partial charge in [-0.2, -0.15) is 0 Å². The summed E-state index contributed by atoms with van der Waals surface area (Å²) in [6.07, 6.45) is 0.189. The van der Waals surface area contributed by atoms with Crippen LogP contribution >= 0.6 is 15.9 Å². The highest BCUT2D eigenvalue weighted by Crippen LogP contribution is 2.20. The van der Waals surface area contributed by atoms with Gasteiger partial charge in [-0.15, -0.1) is 0 Å². The van der Waals surface area contributed by atoms with Gasteiger partial charge in [0.2, 0.25) is 0 Å². The lowest BCUT2D eigenvalue weighted by Crippen LogP contribution is -2.48. The number of aromatic nitrogens is 1. The number of halogens is 1. The Balaban J connectivity index is 1.94. The summed E-state index contributed by atoms with van der Waals surface area (Å²) in [7, 11) is 0. The number of benzene rings is 1. The van der Waals surface area contributed by atoms with Crippen LogP contribution in [0.25, 0.3) is 11.1 Å². The van der Waals surface area contributed by atoms with E-state index in [1.807, 2.05) is 25.1 Å². The maximum absolute atomic E-state index is 12.0. The first-order chi connectivity index (χ1) is 9.54. The van der Waals surface area contributed by atoms with E-state index in [4.69, 9.17) is 9.15 Å². The van der Waals surface area contributed by atoms with E-state index in [-0.39, 0.29) is 11.9 Å². The van der Waals surface area contributed by atoms with E-state index >= 15 is 0 Å². The van der Waals surface area contributed by atoms with Gasteiger partial charge in [0.15, 0.2) is 5.58 Å². The Morgan fingerprint density at radius 1 is 1.40 bits per heavy atom. The van der Waals surface area contributed by atoms with Crippen LogP contribution in [0.5, 0.6) is 0 Å². The van der Waals surface area contributed by atoms with E-state index < -0.39 is 0 Å². The zero-order valence-electron chi connectivity index (χ0n) is 11.5. The summed E-state index contributed by atoms with van der Waals surface area (Å²) in [6.45, 7) is 6.19. The Bertz CT molecular complexity index is 679. The average Bonchev–Trinajstić information content (AvgIpc) is 2.69. The molecule has 0 aliphatic carbocycles. The summed E-state index contributed by atoms with van der Waals surface area (Å²) in [5.74, 6) is -0.315. The Morgan fingerprint density at radius 3 is 3.00 bits per heavy atom. The van der Waals surface area contributed by atoms with Gasteiger partial charge in [-0.3, -0.25) is 9.47 Å². The van der Waals surface area contributed by atoms with E-state index in [0.717, 1.165) is 16.5 Å². The molecule has 0 radical (unpaired) electrons. The second-order valence-corrected chi connectivity index (χ2v) is 6.23. The predicted molar refractivity (Wildman–Crippen MR) is 79.8 cm³/mol. The summed E-state index contributed by atoms with van der Waals surface area (Å²) in [5, 5.41) is 0. The molecular formula is C14H17BrN2O3. The van der Waals surface area contributed by atoms with Crippen molar-refractivity contribution < 1.29 is 9.15 Å². The number of morpholine rings is 1. The molecule has 108 valence electrons. The average molecular weight is 341 g/mol. The van der Waals surface area contributed by atoms with Crippen molar-refractivity contribution in [2.24, 2.45) is 0 Å². The molecule has 20 heavy (non-hydrogen) atoms. The lowest BCUT2D eigenvalue weighted by Gasteiger charge is -2.36. The van der Waals surface area contributed by atoms with E-state index in [1.54, 1.807) is 4.57 Å². The fraction of sp³-hybridized carbons (Fsp3) is 0.500. The Hall–Kier alpha value is -1.11. The smallest absolute Gasteiger partial charge is 0.408 e. The summed E-state index contributed by atoms with van der Waals surface area (Å²) in [6, 6.07) is 5.93. The molecule has 0 saturated carbocycles. The summed E-state index contributed by atoms with van der Waals surface area (Å²) in [4.78, 5) is 14.3. The Morgan fingerprint density at radius 2 is 2.20 bits per heavy atom. The van der Waals surface area contributed by atoms with Crippen molar-refractivity contribution in [3.8, 4) is 0 Å². The van der Waals surface area contributed by atoms with Crippen LogP contribution in [0.2, 0.25) is 0 Å². The molecule has 0 bridgehead atoms. The SMILES string of the molecule is C[C@@H]1CN(Cn2c(=O)oc3cc(Br)ccc32)[C@@H](C)CO1. The second kappa shape index (κ2) is 5.35. The number of hydrogen-bond donors (Lipinski definition) is 0. The molecule has 5 nitrogen and oxygen atoms in total. The molecule has 0 amide bonds. The first-order valence-corrected chi connectivity index (χ1v) is 7.48. The fourth-order valence-electron chi connectivity index (χ4n) is 2.52. The summed E-state index contributed by atoms with van der Waals surface area (Å²) < 4.78 is 13.5. The van der Waals surface area contributed by atoms with E-state index in [2.05, 4.69) is 27.8 Å². The van der Waals surface area contributed by atoms with Crippen LogP contribution in [0.4, 0.5) is 0 Å². The van der Waals surface area contributed by atoms with Crippen molar-refractivity contribution in [3.63, 3.8) is 0 Å². The lowest BCUT2D eigenvalue weighted by atomic mass is 10.2. The minimum absolute atomic E-state index is 0.189. The highest BCUT2D eigenvalue weighted by Gasteiger charge is 2.24. The first kappa shape index (κ1) is 13.9. The number of hydrogen-bond acceptors (Lipinski definition) is 4. The minimum atomic E-state index is -0.315. The normalized spacial score (nSPS) is 24.4. The number of oxazole rings is 1. The molecule has 1 saturated heterocycles. The minimum Gasteiger partial charge on any atom is -0.408 e. The molecule has 1 aliphatic rings. The molecule has 1 aromatic carbocycles. The molecule has 0 N–H and O–H groups in total. The van der Waals surface area contributed by atoms with Crippen molar-refractivity contribution in [1.29, 1.82) is 0 Å². The Kier molecular flexibility index (Phi) is 3.70. The molecule has 1 aromatic heterocycles. The third-order valence-corrected chi connectivity index (χ3v) is 4.18. The lowest BCUT2D eigenvalue weighted by molar-refractivity contribution is -0.0610. The first-order valence-electron chi connectivity index (χ1n) is 6.69. The van der Waals surface area contributed by atoms with E-state index in [1.165, 1.54) is 0 Å². The molecule has 2 atom stereocenters. The van der Waals surface area contributed by atoms with Crippen LogP contribution < -0.4 is 5.76 Å². The molecule has 2 aromatic rings. The maximum atomic E-state index is 12.0. The summed E-state index contributed by atoms with van der Waals surface area (Å²) >= 11 is 3.38. The van der Waals surface area contributed by atoms with Gasteiger partial charge in [-0.05, 0) is 32.0 Å².